The lowest BCUT2D eigenvalue weighted by Crippen LogP contribution is -2.39. The van der Waals surface area contributed by atoms with Crippen molar-refractivity contribution in [1.82, 2.24) is 4.90 Å². The molecule has 1 heterocycles. The van der Waals surface area contributed by atoms with E-state index in [2.05, 4.69) is 0 Å². The number of benzene rings is 2. The smallest absolute Gasteiger partial charge is 0.311 e. The number of hydrogen-bond acceptors (Lipinski definition) is 6. The van der Waals surface area contributed by atoms with Crippen LogP contribution in [0.1, 0.15) is 27.9 Å². The first kappa shape index (κ1) is 19.9. The van der Waals surface area contributed by atoms with Gasteiger partial charge in [0.15, 0.2) is 10.9 Å². The molecule has 28 heavy (non-hydrogen) atoms. The summed E-state index contributed by atoms with van der Waals surface area (Å²) in [5.74, 6) is 0.692. The fraction of sp³-hybridized carbons (Fsp3) is 0.300. The molecule has 0 bridgehead atoms. The topological polar surface area (TPSA) is 85.0 Å². The number of amidine groups is 1. The van der Waals surface area contributed by atoms with E-state index in [4.69, 9.17) is 9.73 Å². The van der Waals surface area contributed by atoms with Crippen molar-refractivity contribution in [3.63, 3.8) is 0 Å². The number of ether oxygens (including phenoxy) is 1. The fourth-order valence-electron chi connectivity index (χ4n) is 2.91. The zero-order chi connectivity index (χ0) is 20.3. The molecule has 0 atom stereocenters. The van der Waals surface area contributed by atoms with Crippen molar-refractivity contribution in [2.45, 2.75) is 20.3 Å². The van der Waals surface area contributed by atoms with E-state index < -0.39 is 4.92 Å². The van der Waals surface area contributed by atoms with E-state index in [1.165, 1.54) is 31.0 Å². The Kier molecular flexibility index (Phi) is 5.99. The van der Waals surface area contributed by atoms with Crippen LogP contribution in [-0.4, -0.2) is 40.3 Å². The summed E-state index contributed by atoms with van der Waals surface area (Å²) in [6.07, 6.45) is 0.834. The Morgan fingerprint density at radius 3 is 2.75 bits per heavy atom. The van der Waals surface area contributed by atoms with Gasteiger partial charge in [-0.25, -0.2) is 4.99 Å². The van der Waals surface area contributed by atoms with Crippen LogP contribution in [0.5, 0.6) is 5.75 Å². The molecule has 0 spiro atoms. The normalized spacial score (nSPS) is 15.5. The maximum absolute atomic E-state index is 13.1. The quantitative estimate of drug-likeness (QED) is 0.559. The third-order valence-corrected chi connectivity index (χ3v) is 5.50. The van der Waals surface area contributed by atoms with E-state index >= 15 is 0 Å². The number of nitro benzene ring substituents is 1. The van der Waals surface area contributed by atoms with Crippen LogP contribution < -0.4 is 4.74 Å². The molecule has 3 rings (SSSR count). The van der Waals surface area contributed by atoms with Crippen molar-refractivity contribution < 1.29 is 14.5 Å². The highest BCUT2D eigenvalue weighted by Gasteiger charge is 2.27. The molecular formula is C20H21N3O4S. The van der Waals surface area contributed by atoms with Gasteiger partial charge in [0, 0.05) is 23.9 Å². The predicted octanol–water partition coefficient (Wildman–Crippen LogP) is 4.49. The van der Waals surface area contributed by atoms with Crippen LogP contribution in [-0.2, 0) is 0 Å². The molecule has 8 heteroatoms. The minimum absolute atomic E-state index is 0.124. The summed E-state index contributed by atoms with van der Waals surface area (Å²) in [6.45, 7) is 4.50. The molecule has 1 aliphatic heterocycles. The third kappa shape index (κ3) is 4.17. The average Bonchev–Trinajstić information content (AvgIpc) is 2.70. The van der Waals surface area contributed by atoms with Crippen LogP contribution in [0, 0.1) is 24.0 Å². The van der Waals surface area contributed by atoms with E-state index in [0.29, 0.717) is 11.7 Å². The Labute approximate surface area is 167 Å². The minimum Gasteiger partial charge on any atom is -0.490 e. The summed E-state index contributed by atoms with van der Waals surface area (Å²) >= 11 is 1.52. The van der Waals surface area contributed by atoms with E-state index in [-0.39, 0.29) is 22.9 Å². The molecule has 2 aromatic rings. The Morgan fingerprint density at radius 2 is 2.04 bits per heavy atom. The second-order valence-corrected chi connectivity index (χ2v) is 7.55. The molecule has 146 valence electrons. The molecule has 2 aromatic carbocycles. The third-order valence-electron chi connectivity index (χ3n) is 4.44. The van der Waals surface area contributed by atoms with Gasteiger partial charge in [-0.3, -0.25) is 19.8 Å². The molecule has 0 N–H and O–H groups in total. The highest BCUT2D eigenvalue weighted by Crippen LogP contribution is 2.30. The van der Waals surface area contributed by atoms with Gasteiger partial charge in [-0.2, -0.15) is 0 Å². The maximum atomic E-state index is 13.1. The lowest BCUT2D eigenvalue weighted by Gasteiger charge is -2.28. The zero-order valence-corrected chi connectivity index (χ0v) is 16.8. The van der Waals surface area contributed by atoms with Gasteiger partial charge in [0.25, 0.3) is 5.91 Å². The zero-order valence-electron chi connectivity index (χ0n) is 16.0. The Hall–Kier alpha value is -2.87. The molecule has 0 radical (unpaired) electrons. The van der Waals surface area contributed by atoms with Gasteiger partial charge in [0.1, 0.15) is 0 Å². The molecule has 7 nitrogen and oxygen atoms in total. The molecule has 0 aromatic heterocycles. The second kappa shape index (κ2) is 8.43. The van der Waals surface area contributed by atoms with Crippen LogP contribution in [0.4, 0.5) is 11.4 Å². The molecule has 0 unspecified atom stereocenters. The summed E-state index contributed by atoms with van der Waals surface area (Å²) < 4.78 is 5.02. The van der Waals surface area contributed by atoms with Crippen LogP contribution >= 0.6 is 11.8 Å². The summed E-state index contributed by atoms with van der Waals surface area (Å²) in [6, 6.07) is 10.3. The number of hydrogen-bond donors (Lipinski definition) is 0. The monoisotopic (exact) mass is 399 g/mol. The number of nitro groups is 1. The average molecular weight is 399 g/mol. The van der Waals surface area contributed by atoms with Crippen molar-refractivity contribution in [2.75, 3.05) is 19.4 Å². The Bertz CT molecular complexity index is 958. The SMILES string of the molecule is COc1ccc(C(=O)N2CCCSC2=Nc2cc(C)ccc2C)cc1[N+](=O)[O-]. The summed E-state index contributed by atoms with van der Waals surface area (Å²) in [4.78, 5) is 30.1. The van der Waals surface area contributed by atoms with E-state index in [1.54, 1.807) is 11.0 Å². The van der Waals surface area contributed by atoms with Gasteiger partial charge in [-0.15, -0.1) is 0 Å². The molecule has 1 fully saturated rings. The molecule has 0 saturated carbocycles. The minimum atomic E-state index is -0.550. The summed E-state index contributed by atoms with van der Waals surface area (Å²) in [5, 5.41) is 11.9. The number of carbonyl (C=O) groups excluding carboxylic acids is 1. The molecule has 1 aliphatic rings. The first-order valence-corrected chi connectivity index (χ1v) is 9.82. The maximum Gasteiger partial charge on any atom is 0.311 e. The Morgan fingerprint density at radius 1 is 1.25 bits per heavy atom. The van der Waals surface area contributed by atoms with Gasteiger partial charge >= 0.3 is 5.69 Å². The summed E-state index contributed by atoms with van der Waals surface area (Å²) in [7, 11) is 1.36. The first-order valence-electron chi connectivity index (χ1n) is 8.83. The van der Waals surface area contributed by atoms with E-state index in [1.807, 2.05) is 32.0 Å². The van der Waals surface area contributed by atoms with Crippen molar-refractivity contribution in [3.8, 4) is 5.75 Å². The fourth-order valence-corrected chi connectivity index (χ4v) is 3.85. The lowest BCUT2D eigenvalue weighted by atomic mass is 10.1. The number of methoxy groups -OCH3 is 1. The Balaban J connectivity index is 1.97. The number of nitrogens with zero attached hydrogens (tertiary/aromatic N) is 3. The van der Waals surface area contributed by atoms with Crippen molar-refractivity contribution in [1.29, 1.82) is 0 Å². The van der Waals surface area contributed by atoms with Crippen LogP contribution in [0.25, 0.3) is 0 Å². The van der Waals surface area contributed by atoms with Crippen LogP contribution in [0.15, 0.2) is 41.4 Å². The van der Waals surface area contributed by atoms with E-state index in [0.717, 1.165) is 29.0 Å². The van der Waals surface area contributed by atoms with Crippen LogP contribution in [0.3, 0.4) is 0 Å². The number of carbonyl (C=O) groups is 1. The van der Waals surface area contributed by atoms with Gasteiger partial charge in [0.2, 0.25) is 0 Å². The lowest BCUT2D eigenvalue weighted by molar-refractivity contribution is -0.385. The number of aliphatic imine (C=N–C) groups is 1. The molecule has 1 amide bonds. The number of thioether (sulfide) groups is 1. The molecule has 0 aliphatic carbocycles. The van der Waals surface area contributed by atoms with Gasteiger partial charge in [-0.1, -0.05) is 23.9 Å². The standard InChI is InChI=1S/C20H21N3O4S/c1-13-5-6-14(2)16(11-13)21-20-22(9-4-10-28-20)19(24)15-7-8-18(27-3)17(12-15)23(25)26/h5-8,11-12H,4,9-10H2,1-3H3. The number of amides is 1. The largest absolute Gasteiger partial charge is 0.490 e. The van der Waals surface area contributed by atoms with Crippen molar-refractivity contribution in [3.05, 3.63) is 63.2 Å². The summed E-state index contributed by atoms with van der Waals surface area (Å²) in [5.41, 5.74) is 2.95. The number of aryl methyl sites for hydroxylation is 2. The van der Waals surface area contributed by atoms with Gasteiger partial charge in [0.05, 0.1) is 17.7 Å². The van der Waals surface area contributed by atoms with Crippen LogP contribution in [0.2, 0.25) is 0 Å². The van der Waals surface area contributed by atoms with Gasteiger partial charge in [-0.05, 0) is 49.6 Å². The second-order valence-electron chi connectivity index (χ2n) is 6.49. The molecular weight excluding hydrogens is 378 g/mol. The highest BCUT2D eigenvalue weighted by molar-refractivity contribution is 8.13. The first-order chi connectivity index (χ1) is 13.4. The predicted molar refractivity (Wildman–Crippen MR) is 111 cm³/mol. The van der Waals surface area contributed by atoms with Crippen molar-refractivity contribution in [2.24, 2.45) is 4.99 Å². The van der Waals surface area contributed by atoms with E-state index in [9.17, 15) is 14.9 Å². The highest BCUT2D eigenvalue weighted by atomic mass is 32.2. The molecule has 1 saturated heterocycles. The van der Waals surface area contributed by atoms with Gasteiger partial charge < -0.3 is 4.74 Å². The van der Waals surface area contributed by atoms with Crippen molar-refractivity contribution >= 4 is 34.2 Å². The number of rotatable bonds is 4.